The van der Waals surface area contributed by atoms with Crippen LogP contribution < -0.4 is 11.2 Å². The number of quaternary nitrogens is 1. The van der Waals surface area contributed by atoms with Gasteiger partial charge < -0.3 is 9.59 Å². The molecule has 2 aromatic rings. The van der Waals surface area contributed by atoms with Gasteiger partial charge in [-0.05, 0) is 18.6 Å². The molecule has 0 radical (unpaired) electrons. The van der Waals surface area contributed by atoms with Crippen LogP contribution in [-0.4, -0.2) is 59.1 Å². The molecule has 0 spiro atoms. The Balaban J connectivity index is 2.55. The van der Waals surface area contributed by atoms with Crippen molar-refractivity contribution in [3.05, 3.63) is 56.7 Å². The number of benzene rings is 1. The topological polar surface area (TPSA) is 87.4 Å². The summed E-state index contributed by atoms with van der Waals surface area (Å²) in [6.07, 6.45) is 0.473. The molecule has 0 saturated heterocycles. The second-order valence-corrected chi connectivity index (χ2v) is 6.82. The first-order chi connectivity index (χ1) is 11.7. The maximum Gasteiger partial charge on any atom is 0.335 e. The van der Waals surface area contributed by atoms with Crippen molar-refractivity contribution in [1.29, 1.82) is 0 Å². The van der Waals surface area contributed by atoms with Gasteiger partial charge in [0.1, 0.15) is 5.56 Å². The van der Waals surface area contributed by atoms with E-state index in [-0.39, 0.29) is 11.4 Å². The van der Waals surface area contributed by atoms with Crippen LogP contribution in [0.5, 0.6) is 5.88 Å². The summed E-state index contributed by atoms with van der Waals surface area (Å²) in [6.45, 7) is 3.18. The summed E-state index contributed by atoms with van der Waals surface area (Å²) in [5, 5.41) is 10.6. The summed E-state index contributed by atoms with van der Waals surface area (Å²) in [6, 6.07) is 8.68. The fourth-order valence-electron chi connectivity index (χ4n) is 2.45. The van der Waals surface area contributed by atoms with E-state index in [9.17, 15) is 14.7 Å². The van der Waals surface area contributed by atoms with Crippen molar-refractivity contribution in [2.75, 3.05) is 34.2 Å². The van der Waals surface area contributed by atoms with Gasteiger partial charge >= 0.3 is 5.69 Å². The lowest BCUT2D eigenvalue weighted by atomic mass is 10.1. The van der Waals surface area contributed by atoms with Crippen molar-refractivity contribution < 1.29 is 9.59 Å². The van der Waals surface area contributed by atoms with Gasteiger partial charge in [0, 0.05) is 0 Å². The van der Waals surface area contributed by atoms with Gasteiger partial charge in [0.2, 0.25) is 5.88 Å². The van der Waals surface area contributed by atoms with Gasteiger partial charge in [-0.25, -0.2) is 9.36 Å². The monoisotopic (exact) mass is 345 g/mol. The highest BCUT2D eigenvalue weighted by molar-refractivity contribution is 6.02. The minimum absolute atomic E-state index is 0.0485. The standard InChI is InChI=1S/C18H24N4O3/c1-5-14(19-11-12-22(2,3)4)15-16(23)20-18(25)21(17(15)24)13-9-7-6-8-10-13/h6-10H,5,11-12H2,1-4H3,(H-,19,20,23,24,25)/p+1. The zero-order valence-electron chi connectivity index (χ0n) is 15.1. The summed E-state index contributed by atoms with van der Waals surface area (Å²) in [5.41, 5.74) is -0.298. The number of H-pyrrole nitrogens is 1. The van der Waals surface area contributed by atoms with E-state index in [2.05, 4.69) is 31.1 Å². The average molecular weight is 345 g/mol. The number of rotatable bonds is 6. The third-order valence-electron chi connectivity index (χ3n) is 3.80. The molecule has 2 N–H and O–H groups in total. The van der Waals surface area contributed by atoms with Crippen LogP contribution in [0.2, 0.25) is 0 Å². The summed E-state index contributed by atoms with van der Waals surface area (Å²) >= 11 is 0. The van der Waals surface area contributed by atoms with Crippen LogP contribution in [0.3, 0.4) is 0 Å². The van der Waals surface area contributed by atoms with Crippen molar-refractivity contribution in [2.24, 2.45) is 4.99 Å². The largest absolute Gasteiger partial charge is 0.493 e. The van der Waals surface area contributed by atoms with Crippen LogP contribution in [0.25, 0.3) is 5.69 Å². The van der Waals surface area contributed by atoms with Crippen LogP contribution in [-0.2, 0) is 0 Å². The summed E-state index contributed by atoms with van der Waals surface area (Å²) in [7, 11) is 6.17. The lowest BCUT2D eigenvalue weighted by Crippen LogP contribution is -2.37. The molecule has 1 heterocycles. The quantitative estimate of drug-likeness (QED) is 0.608. The first-order valence-electron chi connectivity index (χ1n) is 8.22. The fraction of sp³-hybridized carbons (Fsp3) is 0.389. The predicted molar refractivity (Wildman–Crippen MR) is 98.9 cm³/mol. The lowest BCUT2D eigenvalue weighted by molar-refractivity contribution is -0.868. The number of para-hydroxylation sites is 1. The van der Waals surface area contributed by atoms with E-state index < -0.39 is 11.2 Å². The predicted octanol–water partition coefficient (Wildman–Crippen LogP) is 1.14. The van der Waals surface area contributed by atoms with Gasteiger partial charge in [0.15, 0.2) is 0 Å². The molecule has 134 valence electrons. The molecular weight excluding hydrogens is 320 g/mol. The highest BCUT2D eigenvalue weighted by Gasteiger charge is 2.19. The Bertz CT molecular complexity index is 874. The molecule has 2 rings (SSSR count). The van der Waals surface area contributed by atoms with Crippen molar-refractivity contribution in [1.82, 2.24) is 9.55 Å². The van der Waals surface area contributed by atoms with E-state index in [1.807, 2.05) is 13.0 Å². The highest BCUT2D eigenvalue weighted by Crippen LogP contribution is 2.18. The second-order valence-electron chi connectivity index (χ2n) is 6.82. The Morgan fingerprint density at radius 2 is 1.84 bits per heavy atom. The summed E-state index contributed by atoms with van der Waals surface area (Å²) in [5.74, 6) is -0.384. The lowest BCUT2D eigenvalue weighted by Gasteiger charge is -2.22. The molecule has 0 aliphatic heterocycles. The maximum absolute atomic E-state index is 12.3. The first-order valence-corrected chi connectivity index (χ1v) is 8.22. The van der Waals surface area contributed by atoms with E-state index in [1.54, 1.807) is 24.3 Å². The number of likely N-dealkylation sites (N-methyl/N-ethyl adjacent to an activating group) is 1. The number of hydrogen-bond acceptors (Lipinski definition) is 4. The molecule has 0 saturated carbocycles. The van der Waals surface area contributed by atoms with Crippen LogP contribution >= 0.6 is 0 Å². The molecular formula is C18H25N4O3+. The van der Waals surface area contributed by atoms with E-state index in [1.165, 1.54) is 0 Å². The van der Waals surface area contributed by atoms with Crippen LogP contribution in [0, 0.1) is 0 Å². The first kappa shape index (κ1) is 18.7. The third-order valence-corrected chi connectivity index (χ3v) is 3.80. The minimum atomic E-state index is -0.681. The smallest absolute Gasteiger partial charge is 0.335 e. The van der Waals surface area contributed by atoms with Crippen molar-refractivity contribution in [2.45, 2.75) is 13.3 Å². The Morgan fingerprint density at radius 1 is 1.20 bits per heavy atom. The third kappa shape index (κ3) is 4.45. The van der Waals surface area contributed by atoms with Crippen molar-refractivity contribution in [3.63, 3.8) is 0 Å². The Morgan fingerprint density at radius 3 is 2.40 bits per heavy atom. The molecule has 0 aliphatic rings. The maximum atomic E-state index is 12.3. The molecule has 1 aromatic carbocycles. The van der Waals surface area contributed by atoms with Crippen LogP contribution in [0.4, 0.5) is 0 Å². The molecule has 7 nitrogen and oxygen atoms in total. The summed E-state index contributed by atoms with van der Waals surface area (Å²) in [4.78, 5) is 31.2. The van der Waals surface area contributed by atoms with E-state index in [0.29, 0.717) is 24.4 Å². The van der Waals surface area contributed by atoms with Gasteiger partial charge in [-0.1, -0.05) is 25.1 Å². The Labute approximate surface area is 146 Å². The molecule has 0 unspecified atom stereocenters. The fourth-order valence-corrected chi connectivity index (χ4v) is 2.45. The van der Waals surface area contributed by atoms with E-state index in [0.717, 1.165) is 15.6 Å². The molecule has 0 bridgehead atoms. The normalized spacial score (nSPS) is 12.4. The second kappa shape index (κ2) is 7.48. The number of aliphatic imine (C=N–C) groups is 1. The van der Waals surface area contributed by atoms with Crippen LogP contribution in [0.1, 0.15) is 18.9 Å². The van der Waals surface area contributed by atoms with Crippen molar-refractivity contribution >= 4 is 5.71 Å². The number of hydrogen-bond donors (Lipinski definition) is 2. The summed E-state index contributed by atoms with van der Waals surface area (Å²) < 4.78 is 1.83. The Hall–Kier alpha value is -2.67. The zero-order chi connectivity index (χ0) is 18.6. The van der Waals surface area contributed by atoms with Gasteiger partial charge in [-0.2, -0.15) is 0 Å². The molecule has 25 heavy (non-hydrogen) atoms. The molecule has 7 heteroatoms. The number of aromatic nitrogens is 2. The van der Waals surface area contributed by atoms with Gasteiger partial charge in [-0.3, -0.25) is 14.8 Å². The van der Waals surface area contributed by atoms with Gasteiger partial charge in [0.25, 0.3) is 5.56 Å². The number of aromatic hydroxyl groups is 1. The molecule has 0 amide bonds. The average Bonchev–Trinajstić information content (AvgIpc) is 2.52. The Kier molecular flexibility index (Phi) is 5.58. The molecule has 0 fully saturated rings. The number of aromatic amines is 1. The minimum Gasteiger partial charge on any atom is -0.493 e. The van der Waals surface area contributed by atoms with Crippen molar-refractivity contribution in [3.8, 4) is 11.6 Å². The van der Waals surface area contributed by atoms with Gasteiger partial charge in [0.05, 0.1) is 45.6 Å². The molecule has 0 atom stereocenters. The zero-order valence-corrected chi connectivity index (χ0v) is 15.1. The van der Waals surface area contributed by atoms with E-state index >= 15 is 0 Å². The molecule has 0 aliphatic carbocycles. The number of nitrogens with zero attached hydrogens (tertiary/aromatic N) is 3. The van der Waals surface area contributed by atoms with E-state index in [4.69, 9.17) is 0 Å². The van der Waals surface area contributed by atoms with Gasteiger partial charge in [-0.15, -0.1) is 0 Å². The SMILES string of the molecule is CCC(=NCC[N+](C)(C)C)c1c(O)n(-c2ccccc2)c(=O)[nH]c1=O. The highest BCUT2D eigenvalue weighted by atomic mass is 16.3. The number of nitrogens with one attached hydrogen (secondary N) is 1. The van der Waals surface area contributed by atoms with Crippen LogP contribution in [0.15, 0.2) is 44.9 Å². The molecule has 1 aromatic heterocycles.